The highest BCUT2D eigenvalue weighted by molar-refractivity contribution is 9.10. The minimum absolute atomic E-state index is 0.179. The first-order chi connectivity index (χ1) is 12.5. The van der Waals surface area contributed by atoms with E-state index in [-0.39, 0.29) is 19.0 Å². The molecule has 2 aliphatic heterocycles. The quantitative estimate of drug-likeness (QED) is 0.749. The van der Waals surface area contributed by atoms with E-state index in [1.165, 1.54) is 6.08 Å². The Morgan fingerprint density at radius 2 is 2.04 bits per heavy atom. The van der Waals surface area contributed by atoms with E-state index >= 15 is 0 Å². The van der Waals surface area contributed by atoms with E-state index in [0.717, 1.165) is 10.0 Å². The van der Waals surface area contributed by atoms with Crippen LogP contribution < -0.4 is 14.8 Å². The molecule has 1 amide bonds. The third-order valence-corrected chi connectivity index (χ3v) is 4.83. The van der Waals surface area contributed by atoms with Crippen LogP contribution in [0.1, 0.15) is 17.5 Å². The van der Waals surface area contributed by atoms with E-state index in [1.54, 1.807) is 42.5 Å². The average Bonchev–Trinajstić information content (AvgIpc) is 3.17. The zero-order valence-corrected chi connectivity index (χ0v) is 15.1. The van der Waals surface area contributed by atoms with Gasteiger partial charge in [0.1, 0.15) is 0 Å². The van der Waals surface area contributed by atoms with Crippen molar-refractivity contribution in [2.24, 2.45) is 0 Å². The Morgan fingerprint density at radius 3 is 2.88 bits per heavy atom. The minimum atomic E-state index is -1.88. The number of amides is 1. The van der Waals surface area contributed by atoms with Crippen LogP contribution in [0.3, 0.4) is 0 Å². The number of fused-ring (bicyclic) bond motifs is 2. The summed E-state index contributed by atoms with van der Waals surface area (Å²) < 4.78 is 11.3. The van der Waals surface area contributed by atoms with Crippen LogP contribution in [-0.2, 0) is 15.2 Å². The lowest BCUT2D eigenvalue weighted by Gasteiger charge is -2.19. The van der Waals surface area contributed by atoms with E-state index in [0.29, 0.717) is 22.7 Å². The van der Waals surface area contributed by atoms with Gasteiger partial charge >= 0.3 is 0 Å². The molecule has 2 aromatic rings. The van der Waals surface area contributed by atoms with Gasteiger partial charge in [-0.15, -0.1) is 0 Å². The smallest absolute Gasteiger partial charge is 0.261 e. The molecule has 0 saturated carbocycles. The van der Waals surface area contributed by atoms with Crippen molar-refractivity contribution in [2.45, 2.75) is 12.0 Å². The SMILES string of the molecule is O=C(/C=C\c1ccc2c(c1)OCO2)C[C@]1(O)C(=O)Nc2ccc(Br)cc21. The number of halogens is 1. The van der Waals surface area contributed by atoms with Crippen molar-refractivity contribution in [2.75, 3.05) is 12.1 Å². The van der Waals surface area contributed by atoms with Gasteiger partial charge < -0.3 is 19.9 Å². The first-order valence-electron chi connectivity index (χ1n) is 7.90. The summed E-state index contributed by atoms with van der Waals surface area (Å²) in [7, 11) is 0. The fourth-order valence-electron chi connectivity index (χ4n) is 3.01. The van der Waals surface area contributed by atoms with Crippen molar-refractivity contribution in [1.82, 2.24) is 0 Å². The van der Waals surface area contributed by atoms with Crippen molar-refractivity contribution in [3.63, 3.8) is 0 Å². The summed E-state index contributed by atoms with van der Waals surface area (Å²) in [5.74, 6) is 0.309. The Morgan fingerprint density at radius 1 is 1.23 bits per heavy atom. The second-order valence-electron chi connectivity index (χ2n) is 6.09. The Balaban J connectivity index is 1.53. The molecule has 2 heterocycles. The van der Waals surface area contributed by atoms with Crippen LogP contribution in [0.15, 0.2) is 46.9 Å². The van der Waals surface area contributed by atoms with Gasteiger partial charge in [-0.1, -0.05) is 28.1 Å². The maximum absolute atomic E-state index is 12.4. The van der Waals surface area contributed by atoms with Gasteiger partial charge in [-0.3, -0.25) is 9.59 Å². The predicted octanol–water partition coefficient (Wildman–Crippen LogP) is 2.99. The first kappa shape index (κ1) is 16.8. The van der Waals surface area contributed by atoms with E-state index in [9.17, 15) is 14.7 Å². The summed E-state index contributed by atoms with van der Waals surface area (Å²) in [6, 6.07) is 10.4. The highest BCUT2D eigenvalue weighted by Crippen LogP contribution is 2.40. The Hall–Kier alpha value is -2.64. The van der Waals surface area contributed by atoms with Gasteiger partial charge in [0, 0.05) is 15.7 Å². The molecular formula is C19H14BrNO5. The molecule has 7 heteroatoms. The molecule has 4 rings (SSSR count). The van der Waals surface area contributed by atoms with Gasteiger partial charge in [-0.2, -0.15) is 0 Å². The molecule has 0 fully saturated rings. The molecular weight excluding hydrogens is 402 g/mol. The molecule has 0 aromatic heterocycles. The number of hydrogen-bond acceptors (Lipinski definition) is 5. The molecule has 2 aliphatic rings. The van der Waals surface area contributed by atoms with Gasteiger partial charge in [0.2, 0.25) is 6.79 Å². The van der Waals surface area contributed by atoms with Gasteiger partial charge in [0.15, 0.2) is 22.9 Å². The van der Waals surface area contributed by atoms with Crippen LogP contribution >= 0.6 is 15.9 Å². The Bertz CT molecular complexity index is 955. The number of nitrogens with one attached hydrogen (secondary N) is 1. The first-order valence-corrected chi connectivity index (χ1v) is 8.69. The van der Waals surface area contributed by atoms with Crippen molar-refractivity contribution in [3.05, 3.63) is 58.1 Å². The maximum Gasteiger partial charge on any atom is 0.261 e. The van der Waals surface area contributed by atoms with Crippen molar-refractivity contribution < 1.29 is 24.2 Å². The van der Waals surface area contributed by atoms with E-state index in [2.05, 4.69) is 21.2 Å². The molecule has 6 nitrogen and oxygen atoms in total. The maximum atomic E-state index is 12.4. The number of rotatable bonds is 4. The normalized spacial score (nSPS) is 20.3. The largest absolute Gasteiger partial charge is 0.454 e. The molecule has 0 spiro atoms. The monoisotopic (exact) mass is 415 g/mol. The molecule has 2 aromatic carbocycles. The highest BCUT2D eigenvalue weighted by atomic mass is 79.9. The number of anilines is 1. The summed E-state index contributed by atoms with van der Waals surface area (Å²) >= 11 is 3.32. The molecule has 0 unspecified atom stereocenters. The lowest BCUT2D eigenvalue weighted by Crippen LogP contribution is -2.36. The fraction of sp³-hybridized carbons (Fsp3) is 0.158. The lowest BCUT2D eigenvalue weighted by molar-refractivity contribution is -0.138. The molecule has 0 saturated heterocycles. The summed E-state index contributed by atoms with van der Waals surface area (Å²) in [6.45, 7) is 0.179. The van der Waals surface area contributed by atoms with Crippen LogP contribution in [0.5, 0.6) is 11.5 Å². The number of carbonyl (C=O) groups is 2. The topological polar surface area (TPSA) is 84.9 Å². The number of hydrogen-bond donors (Lipinski definition) is 2. The fourth-order valence-corrected chi connectivity index (χ4v) is 3.37. The van der Waals surface area contributed by atoms with Crippen LogP contribution in [0.25, 0.3) is 6.08 Å². The van der Waals surface area contributed by atoms with E-state index in [4.69, 9.17) is 9.47 Å². The summed E-state index contributed by atoms with van der Waals surface area (Å²) in [4.78, 5) is 24.6. The second kappa shape index (κ2) is 6.26. The number of ether oxygens (including phenoxy) is 2. The number of allylic oxidation sites excluding steroid dienone is 1. The lowest BCUT2D eigenvalue weighted by atomic mass is 9.90. The average molecular weight is 416 g/mol. The number of ketones is 1. The standard InChI is InChI=1S/C19H14BrNO5/c20-12-3-5-15-14(8-12)19(24,18(23)21-15)9-13(22)4-1-11-2-6-16-17(7-11)26-10-25-16/h1-8,24H,9-10H2,(H,21,23)/b4-1-/t19-/m1/s1. The summed E-state index contributed by atoms with van der Waals surface area (Å²) in [6.07, 6.45) is 2.62. The Labute approximate surface area is 157 Å². The Kier molecular flexibility index (Phi) is 4.05. The third-order valence-electron chi connectivity index (χ3n) is 4.34. The second-order valence-corrected chi connectivity index (χ2v) is 7.01. The molecule has 0 aliphatic carbocycles. The van der Waals surface area contributed by atoms with Crippen LogP contribution in [0, 0.1) is 0 Å². The molecule has 132 valence electrons. The van der Waals surface area contributed by atoms with Gasteiger partial charge in [-0.25, -0.2) is 0 Å². The van der Waals surface area contributed by atoms with Crippen molar-refractivity contribution in [1.29, 1.82) is 0 Å². The van der Waals surface area contributed by atoms with Gasteiger partial charge in [0.25, 0.3) is 5.91 Å². The number of benzene rings is 2. The molecule has 26 heavy (non-hydrogen) atoms. The summed E-state index contributed by atoms with van der Waals surface area (Å²) in [5.41, 5.74) is -0.223. The predicted molar refractivity (Wildman–Crippen MR) is 97.9 cm³/mol. The molecule has 2 N–H and O–H groups in total. The highest BCUT2D eigenvalue weighted by Gasteiger charge is 2.46. The zero-order valence-electron chi connectivity index (χ0n) is 13.5. The van der Waals surface area contributed by atoms with Gasteiger partial charge in [-0.05, 0) is 42.0 Å². The minimum Gasteiger partial charge on any atom is -0.454 e. The molecule has 0 bridgehead atoms. The number of aliphatic hydroxyl groups is 1. The van der Waals surface area contributed by atoms with Crippen molar-refractivity contribution >= 4 is 39.4 Å². The number of carbonyl (C=O) groups excluding carboxylic acids is 2. The van der Waals surface area contributed by atoms with E-state index < -0.39 is 11.5 Å². The van der Waals surface area contributed by atoms with Crippen LogP contribution in [-0.4, -0.2) is 23.6 Å². The third kappa shape index (κ3) is 2.89. The molecule has 1 atom stereocenters. The van der Waals surface area contributed by atoms with Crippen LogP contribution in [0.2, 0.25) is 0 Å². The summed E-state index contributed by atoms with van der Waals surface area (Å²) in [5, 5.41) is 13.4. The zero-order chi connectivity index (χ0) is 18.3. The van der Waals surface area contributed by atoms with E-state index in [1.807, 2.05) is 0 Å². The molecule has 0 radical (unpaired) electrons. The van der Waals surface area contributed by atoms with Gasteiger partial charge in [0.05, 0.1) is 6.42 Å². The van der Waals surface area contributed by atoms with Crippen molar-refractivity contribution in [3.8, 4) is 11.5 Å². The van der Waals surface area contributed by atoms with Crippen LogP contribution in [0.4, 0.5) is 5.69 Å².